The van der Waals surface area contributed by atoms with E-state index in [0.717, 1.165) is 6.07 Å². The second-order valence-electron chi connectivity index (χ2n) is 6.65. The van der Waals surface area contributed by atoms with E-state index in [2.05, 4.69) is 10.1 Å². The van der Waals surface area contributed by atoms with Crippen LogP contribution in [0.15, 0.2) is 36.4 Å². The first-order valence-corrected chi connectivity index (χ1v) is 9.05. The zero-order valence-electron chi connectivity index (χ0n) is 16.8. The van der Waals surface area contributed by atoms with Crippen molar-refractivity contribution in [3.05, 3.63) is 57.6 Å². The smallest absolute Gasteiger partial charge is 0.504 e. The van der Waals surface area contributed by atoms with Gasteiger partial charge in [0.25, 0.3) is 5.69 Å². The molecule has 2 N–H and O–H groups in total. The molecule has 2 aromatic carbocycles. The standard InChI is InChI=1S/C19H20F3N3O5.2ClH/c1-29-16-11-13(25(27)28)10-15(18(16)26)17(24-8-6-23-7-9-24)12-2-4-14(5-3-12)30-19(20,21)22;;/h2-5,10-11,17,23,26H,6-9H2,1H3;2*1H/t17-;;/m1../s1. The van der Waals surface area contributed by atoms with Gasteiger partial charge in [-0.2, -0.15) is 0 Å². The lowest BCUT2D eigenvalue weighted by atomic mass is 9.94. The number of nitrogens with zero attached hydrogens (tertiary/aromatic N) is 2. The van der Waals surface area contributed by atoms with Crippen molar-refractivity contribution < 1.29 is 32.7 Å². The summed E-state index contributed by atoms with van der Waals surface area (Å²) in [6, 6.07) is 6.96. The largest absolute Gasteiger partial charge is 0.573 e. The molecular weight excluding hydrogens is 478 g/mol. The number of hydrogen-bond donors (Lipinski definition) is 2. The van der Waals surface area contributed by atoms with E-state index in [1.165, 1.54) is 37.4 Å². The molecule has 0 amide bonds. The molecule has 0 radical (unpaired) electrons. The Morgan fingerprint density at radius 1 is 1.16 bits per heavy atom. The molecule has 8 nitrogen and oxygen atoms in total. The lowest BCUT2D eigenvalue weighted by Gasteiger charge is -2.36. The first kappa shape index (κ1) is 27.6. The summed E-state index contributed by atoms with van der Waals surface area (Å²) in [6.07, 6.45) is -4.81. The van der Waals surface area contributed by atoms with Crippen LogP contribution in [0.3, 0.4) is 0 Å². The minimum atomic E-state index is -4.81. The van der Waals surface area contributed by atoms with Crippen molar-refractivity contribution in [3.8, 4) is 17.2 Å². The molecule has 1 saturated heterocycles. The molecule has 1 fully saturated rings. The molecule has 3 rings (SSSR count). The maximum absolute atomic E-state index is 12.5. The third-order valence-corrected chi connectivity index (χ3v) is 4.76. The summed E-state index contributed by atoms with van der Waals surface area (Å²) in [6.45, 7) is 2.43. The van der Waals surface area contributed by atoms with Gasteiger partial charge in [-0.3, -0.25) is 15.0 Å². The van der Waals surface area contributed by atoms with Crippen molar-refractivity contribution in [3.63, 3.8) is 0 Å². The molecule has 1 atom stereocenters. The van der Waals surface area contributed by atoms with Gasteiger partial charge in [-0.15, -0.1) is 38.0 Å². The topological polar surface area (TPSA) is 97.1 Å². The Balaban J connectivity index is 0.00000256. The average molecular weight is 500 g/mol. The van der Waals surface area contributed by atoms with Gasteiger partial charge in [0.05, 0.1) is 24.1 Å². The van der Waals surface area contributed by atoms with Gasteiger partial charge in [0.2, 0.25) is 0 Å². The fraction of sp³-hybridized carbons (Fsp3) is 0.368. The molecule has 0 unspecified atom stereocenters. The minimum Gasteiger partial charge on any atom is -0.504 e. The lowest BCUT2D eigenvalue weighted by molar-refractivity contribution is -0.385. The number of phenols is 1. The number of aromatic hydroxyl groups is 1. The molecule has 32 heavy (non-hydrogen) atoms. The number of rotatable bonds is 6. The van der Waals surface area contributed by atoms with Crippen molar-refractivity contribution in [2.45, 2.75) is 12.4 Å². The second kappa shape index (κ2) is 11.4. The molecule has 0 saturated carbocycles. The molecule has 13 heteroatoms. The fourth-order valence-electron chi connectivity index (χ4n) is 3.46. The first-order valence-electron chi connectivity index (χ1n) is 9.05. The van der Waals surface area contributed by atoms with Crippen molar-refractivity contribution in [1.82, 2.24) is 10.2 Å². The summed E-state index contributed by atoms with van der Waals surface area (Å²) in [4.78, 5) is 12.8. The van der Waals surface area contributed by atoms with Gasteiger partial charge in [0, 0.05) is 37.8 Å². The summed E-state index contributed by atoms with van der Waals surface area (Å²) in [7, 11) is 1.28. The van der Waals surface area contributed by atoms with E-state index in [-0.39, 0.29) is 53.3 Å². The highest BCUT2D eigenvalue weighted by molar-refractivity contribution is 5.85. The van der Waals surface area contributed by atoms with Gasteiger partial charge < -0.3 is 19.9 Å². The van der Waals surface area contributed by atoms with Crippen molar-refractivity contribution >= 4 is 30.5 Å². The third-order valence-electron chi connectivity index (χ3n) is 4.76. The van der Waals surface area contributed by atoms with E-state index >= 15 is 0 Å². The number of nitrogens with one attached hydrogen (secondary N) is 1. The maximum atomic E-state index is 12.5. The number of nitro benzene ring substituents is 1. The Morgan fingerprint density at radius 2 is 1.75 bits per heavy atom. The summed E-state index contributed by atoms with van der Waals surface area (Å²) in [5, 5.41) is 25.3. The number of nitro groups is 1. The molecule has 178 valence electrons. The van der Waals surface area contributed by atoms with E-state index in [1.807, 2.05) is 4.90 Å². The van der Waals surface area contributed by atoms with E-state index in [1.54, 1.807) is 0 Å². The van der Waals surface area contributed by atoms with Crippen LogP contribution in [-0.2, 0) is 0 Å². The molecule has 0 aromatic heterocycles. The number of ether oxygens (including phenoxy) is 2. The number of hydrogen-bond acceptors (Lipinski definition) is 7. The SMILES string of the molecule is COc1cc([N+](=O)[O-])cc([C@@H](c2ccc(OC(F)(F)F)cc2)N2CCNCC2)c1O.Cl.Cl. The van der Waals surface area contributed by atoms with Crippen LogP contribution >= 0.6 is 24.8 Å². The number of methoxy groups -OCH3 is 1. The van der Waals surface area contributed by atoms with Crippen LogP contribution in [-0.4, -0.2) is 54.6 Å². The van der Waals surface area contributed by atoms with Gasteiger partial charge in [-0.25, -0.2) is 0 Å². The fourth-order valence-corrected chi connectivity index (χ4v) is 3.46. The van der Waals surface area contributed by atoms with Gasteiger partial charge in [-0.1, -0.05) is 12.1 Å². The third kappa shape index (κ3) is 6.52. The van der Waals surface area contributed by atoms with E-state index in [0.29, 0.717) is 31.7 Å². The molecule has 0 spiro atoms. The monoisotopic (exact) mass is 499 g/mol. The first-order chi connectivity index (χ1) is 14.2. The van der Waals surface area contributed by atoms with E-state index in [9.17, 15) is 28.4 Å². The predicted octanol–water partition coefficient (Wildman–Crippen LogP) is 4.05. The van der Waals surface area contributed by atoms with Crippen LogP contribution in [0, 0.1) is 10.1 Å². The highest BCUT2D eigenvalue weighted by Gasteiger charge is 2.32. The van der Waals surface area contributed by atoms with Crippen LogP contribution in [0.5, 0.6) is 17.2 Å². The van der Waals surface area contributed by atoms with Crippen LogP contribution in [0.4, 0.5) is 18.9 Å². The Labute approximate surface area is 194 Å². The quantitative estimate of drug-likeness (QED) is 0.457. The molecule has 0 aliphatic carbocycles. The van der Waals surface area contributed by atoms with Crippen molar-refractivity contribution in [2.24, 2.45) is 0 Å². The molecule has 1 aliphatic rings. The predicted molar refractivity (Wildman–Crippen MR) is 115 cm³/mol. The summed E-state index contributed by atoms with van der Waals surface area (Å²) < 4.78 is 46.4. The van der Waals surface area contributed by atoms with Crippen LogP contribution in [0.2, 0.25) is 0 Å². The van der Waals surface area contributed by atoms with Gasteiger partial charge in [-0.05, 0) is 17.7 Å². The minimum absolute atomic E-state index is 0. The zero-order valence-corrected chi connectivity index (χ0v) is 18.4. The number of alkyl halides is 3. The van der Waals surface area contributed by atoms with Gasteiger partial charge >= 0.3 is 6.36 Å². The zero-order chi connectivity index (χ0) is 21.9. The summed E-state index contributed by atoms with van der Waals surface area (Å²) >= 11 is 0. The van der Waals surface area contributed by atoms with E-state index < -0.39 is 17.3 Å². The Hall–Kier alpha value is -2.47. The van der Waals surface area contributed by atoms with Crippen LogP contribution in [0.1, 0.15) is 17.2 Å². The van der Waals surface area contributed by atoms with Crippen LogP contribution in [0.25, 0.3) is 0 Å². The molecule has 1 heterocycles. The lowest BCUT2D eigenvalue weighted by Crippen LogP contribution is -2.45. The average Bonchev–Trinajstić information content (AvgIpc) is 2.70. The highest BCUT2D eigenvalue weighted by Crippen LogP contribution is 2.42. The van der Waals surface area contributed by atoms with Gasteiger partial charge in [0.1, 0.15) is 5.75 Å². The van der Waals surface area contributed by atoms with Gasteiger partial charge in [0.15, 0.2) is 11.5 Å². The number of piperazine rings is 1. The van der Waals surface area contributed by atoms with Crippen molar-refractivity contribution in [1.29, 1.82) is 0 Å². The molecule has 0 bridgehead atoms. The molecular formula is C19H22Cl2F3N3O5. The number of benzene rings is 2. The second-order valence-corrected chi connectivity index (χ2v) is 6.65. The normalized spacial score (nSPS) is 15.1. The Kier molecular flexibility index (Phi) is 9.83. The Bertz CT molecular complexity index is 910. The van der Waals surface area contributed by atoms with Crippen LogP contribution < -0.4 is 14.8 Å². The number of non-ortho nitro benzene ring substituents is 1. The maximum Gasteiger partial charge on any atom is 0.573 e. The Morgan fingerprint density at radius 3 is 2.25 bits per heavy atom. The van der Waals surface area contributed by atoms with E-state index in [4.69, 9.17) is 4.74 Å². The number of phenolic OH excluding ortho intramolecular Hbond substituents is 1. The molecule has 1 aliphatic heterocycles. The summed E-state index contributed by atoms with van der Waals surface area (Å²) in [5.41, 5.74) is 0.508. The van der Waals surface area contributed by atoms with Crippen molar-refractivity contribution in [2.75, 3.05) is 33.3 Å². The number of halogens is 5. The highest BCUT2D eigenvalue weighted by atomic mass is 35.5. The summed E-state index contributed by atoms with van der Waals surface area (Å²) in [5.74, 6) is -0.704. The molecule has 2 aromatic rings.